The lowest BCUT2D eigenvalue weighted by Gasteiger charge is -2.25. The summed E-state index contributed by atoms with van der Waals surface area (Å²) >= 11 is 0. The first-order valence-electron chi connectivity index (χ1n) is 7.79. The zero-order chi connectivity index (χ0) is 15.5. The van der Waals surface area contributed by atoms with Crippen LogP contribution in [0.15, 0.2) is 35.1 Å². The van der Waals surface area contributed by atoms with Gasteiger partial charge >= 0.3 is 0 Å². The van der Waals surface area contributed by atoms with Gasteiger partial charge in [0.1, 0.15) is 5.56 Å². The van der Waals surface area contributed by atoms with Crippen LogP contribution in [0, 0.1) is 6.92 Å². The number of aromatic amines is 1. The van der Waals surface area contributed by atoms with E-state index in [0.717, 1.165) is 31.6 Å². The number of hydrogen-bond donors (Lipinski definition) is 1. The number of carbonyl (C=O) groups is 1. The van der Waals surface area contributed by atoms with E-state index >= 15 is 0 Å². The van der Waals surface area contributed by atoms with Crippen LogP contribution in [0.1, 0.15) is 35.3 Å². The number of likely N-dealkylation sites (tertiary alicyclic amines) is 1. The number of aromatic nitrogens is 2. The Kier molecular flexibility index (Phi) is 4.24. The number of Topliss-reactive ketones (excluding diaryl/α,β-unsaturated/α-hetero) is 1. The van der Waals surface area contributed by atoms with Gasteiger partial charge in [-0.15, -0.1) is 0 Å². The molecular formula is C17H21N3O2. The minimum Gasteiger partial charge on any atom is -0.296 e. The highest BCUT2D eigenvalue weighted by Gasteiger charge is 2.22. The number of aryl methyl sites for hydroxylation is 1. The minimum atomic E-state index is -0.259. The zero-order valence-electron chi connectivity index (χ0n) is 12.8. The SMILES string of the molecule is Cc1[nH]n(-c2ccccc2)c(=O)c1C(=O)CN1CCCCC1. The van der Waals surface area contributed by atoms with E-state index in [-0.39, 0.29) is 16.9 Å². The summed E-state index contributed by atoms with van der Waals surface area (Å²) in [5, 5.41) is 3.01. The number of hydrogen-bond acceptors (Lipinski definition) is 3. The van der Waals surface area contributed by atoms with E-state index < -0.39 is 0 Å². The summed E-state index contributed by atoms with van der Waals surface area (Å²) < 4.78 is 1.44. The second-order valence-electron chi connectivity index (χ2n) is 5.85. The number of H-pyrrole nitrogens is 1. The molecular weight excluding hydrogens is 278 g/mol. The molecule has 1 saturated heterocycles. The van der Waals surface area contributed by atoms with Crippen molar-refractivity contribution in [2.24, 2.45) is 0 Å². The maximum atomic E-state index is 12.6. The molecule has 0 atom stereocenters. The lowest BCUT2D eigenvalue weighted by Crippen LogP contribution is -2.36. The highest BCUT2D eigenvalue weighted by atomic mass is 16.2. The Morgan fingerprint density at radius 2 is 1.82 bits per heavy atom. The summed E-state index contributed by atoms with van der Waals surface area (Å²) in [7, 11) is 0. The molecule has 1 fully saturated rings. The number of benzene rings is 1. The minimum absolute atomic E-state index is 0.0877. The third-order valence-electron chi connectivity index (χ3n) is 4.18. The van der Waals surface area contributed by atoms with Crippen molar-refractivity contribution in [3.8, 4) is 5.69 Å². The predicted molar refractivity (Wildman–Crippen MR) is 85.7 cm³/mol. The molecule has 1 N–H and O–H groups in total. The van der Waals surface area contributed by atoms with Crippen molar-refractivity contribution in [1.82, 2.24) is 14.7 Å². The summed E-state index contributed by atoms with van der Waals surface area (Å²) in [6, 6.07) is 9.32. The first-order valence-corrected chi connectivity index (χ1v) is 7.79. The van der Waals surface area contributed by atoms with Crippen molar-refractivity contribution >= 4 is 5.78 Å². The molecule has 1 aromatic carbocycles. The van der Waals surface area contributed by atoms with Crippen LogP contribution in [0.3, 0.4) is 0 Å². The fourth-order valence-electron chi connectivity index (χ4n) is 3.03. The van der Waals surface area contributed by atoms with E-state index in [1.54, 1.807) is 6.92 Å². The van der Waals surface area contributed by atoms with Gasteiger partial charge in [-0.2, -0.15) is 0 Å². The van der Waals surface area contributed by atoms with E-state index in [1.165, 1.54) is 11.1 Å². The topological polar surface area (TPSA) is 58.1 Å². The van der Waals surface area contributed by atoms with Gasteiger partial charge in [0.25, 0.3) is 5.56 Å². The van der Waals surface area contributed by atoms with Crippen molar-refractivity contribution in [1.29, 1.82) is 0 Å². The number of para-hydroxylation sites is 1. The fourth-order valence-corrected chi connectivity index (χ4v) is 3.03. The Morgan fingerprint density at radius 1 is 1.14 bits per heavy atom. The number of ketones is 1. The monoisotopic (exact) mass is 299 g/mol. The van der Waals surface area contributed by atoms with Gasteiger partial charge in [-0.25, -0.2) is 4.68 Å². The summed E-state index contributed by atoms with van der Waals surface area (Å²) in [6.45, 7) is 4.01. The quantitative estimate of drug-likeness (QED) is 0.880. The smallest absolute Gasteiger partial charge is 0.282 e. The van der Waals surface area contributed by atoms with Crippen molar-refractivity contribution in [2.75, 3.05) is 19.6 Å². The molecule has 2 heterocycles. The van der Waals surface area contributed by atoms with Gasteiger partial charge in [-0.1, -0.05) is 24.6 Å². The second-order valence-corrected chi connectivity index (χ2v) is 5.85. The molecule has 1 aliphatic heterocycles. The van der Waals surface area contributed by atoms with Crippen LogP contribution in [0.5, 0.6) is 0 Å². The molecule has 22 heavy (non-hydrogen) atoms. The van der Waals surface area contributed by atoms with Crippen molar-refractivity contribution in [3.05, 3.63) is 51.9 Å². The summed E-state index contributed by atoms with van der Waals surface area (Å²) in [4.78, 5) is 27.2. The molecule has 0 unspecified atom stereocenters. The normalized spacial score (nSPS) is 15.9. The van der Waals surface area contributed by atoms with Gasteiger partial charge in [0.15, 0.2) is 5.78 Å². The average molecular weight is 299 g/mol. The van der Waals surface area contributed by atoms with Gasteiger partial charge in [0, 0.05) is 5.69 Å². The maximum Gasteiger partial charge on any atom is 0.282 e. The summed E-state index contributed by atoms with van der Waals surface area (Å²) in [6.07, 6.45) is 3.50. The molecule has 116 valence electrons. The third kappa shape index (κ3) is 2.90. The van der Waals surface area contributed by atoms with Gasteiger partial charge in [-0.3, -0.25) is 19.6 Å². The Balaban J connectivity index is 1.86. The molecule has 0 spiro atoms. The third-order valence-corrected chi connectivity index (χ3v) is 4.18. The lowest BCUT2D eigenvalue weighted by molar-refractivity contribution is 0.0914. The van der Waals surface area contributed by atoms with Gasteiger partial charge < -0.3 is 0 Å². The number of piperidine rings is 1. The molecule has 1 aliphatic rings. The molecule has 0 radical (unpaired) electrons. The second kappa shape index (κ2) is 6.32. The maximum absolute atomic E-state index is 12.6. The Morgan fingerprint density at radius 3 is 2.50 bits per heavy atom. The van der Waals surface area contributed by atoms with Crippen molar-refractivity contribution in [2.45, 2.75) is 26.2 Å². The first kappa shape index (κ1) is 14.8. The first-order chi connectivity index (χ1) is 10.7. The number of carbonyl (C=O) groups excluding carboxylic acids is 1. The summed E-state index contributed by atoms with van der Waals surface area (Å²) in [5.41, 5.74) is 1.41. The van der Waals surface area contributed by atoms with Crippen LogP contribution >= 0.6 is 0 Å². The molecule has 0 saturated carbocycles. The van der Waals surface area contributed by atoms with Crippen molar-refractivity contribution < 1.29 is 4.79 Å². The van der Waals surface area contributed by atoms with E-state index in [1.807, 2.05) is 30.3 Å². The molecule has 0 aliphatic carbocycles. The largest absolute Gasteiger partial charge is 0.296 e. The van der Waals surface area contributed by atoms with E-state index in [4.69, 9.17) is 0 Å². The van der Waals surface area contributed by atoms with Crippen molar-refractivity contribution in [3.63, 3.8) is 0 Å². The lowest BCUT2D eigenvalue weighted by atomic mass is 10.1. The highest BCUT2D eigenvalue weighted by molar-refractivity contribution is 5.98. The van der Waals surface area contributed by atoms with Crippen LogP contribution in [0.2, 0.25) is 0 Å². The highest BCUT2D eigenvalue weighted by Crippen LogP contribution is 2.11. The average Bonchev–Trinajstić information content (AvgIpc) is 2.84. The summed E-state index contributed by atoms with van der Waals surface area (Å²) in [5.74, 6) is -0.0877. The van der Waals surface area contributed by atoms with Gasteiger partial charge in [0.2, 0.25) is 0 Å². The molecule has 3 rings (SSSR count). The van der Waals surface area contributed by atoms with Gasteiger partial charge in [0.05, 0.1) is 12.2 Å². The Hall–Kier alpha value is -2.14. The molecule has 5 nitrogen and oxygen atoms in total. The number of nitrogens with zero attached hydrogens (tertiary/aromatic N) is 2. The van der Waals surface area contributed by atoms with Crippen LogP contribution in [-0.4, -0.2) is 40.1 Å². The molecule has 0 bridgehead atoms. The van der Waals surface area contributed by atoms with E-state index in [2.05, 4.69) is 10.00 Å². The molecule has 2 aromatic rings. The number of rotatable bonds is 4. The van der Waals surface area contributed by atoms with E-state index in [9.17, 15) is 9.59 Å². The Bertz CT molecular complexity index is 709. The van der Waals surface area contributed by atoms with E-state index in [0.29, 0.717) is 12.2 Å². The fraction of sp³-hybridized carbons (Fsp3) is 0.412. The zero-order valence-corrected chi connectivity index (χ0v) is 12.8. The van der Waals surface area contributed by atoms with Crippen LogP contribution in [0.25, 0.3) is 5.69 Å². The van der Waals surface area contributed by atoms with Gasteiger partial charge in [-0.05, 0) is 45.0 Å². The predicted octanol–water partition coefficient (Wildman–Crippen LogP) is 2.14. The number of nitrogens with one attached hydrogen (secondary N) is 1. The molecule has 0 amide bonds. The van der Waals surface area contributed by atoms with Crippen LogP contribution in [0.4, 0.5) is 0 Å². The molecule has 1 aromatic heterocycles. The molecule has 5 heteroatoms. The van der Waals surface area contributed by atoms with Crippen LogP contribution in [-0.2, 0) is 0 Å². The van der Waals surface area contributed by atoms with Crippen LogP contribution < -0.4 is 5.56 Å². The Labute approximate surface area is 129 Å². The standard InChI is InChI=1S/C17H21N3O2/c1-13-16(15(21)12-19-10-6-3-7-11-19)17(22)20(18-13)14-8-4-2-5-9-14/h2,4-5,8-9,18H,3,6-7,10-12H2,1H3.